The van der Waals surface area contributed by atoms with Crippen molar-refractivity contribution in [2.24, 2.45) is 7.05 Å². The van der Waals surface area contributed by atoms with Crippen molar-refractivity contribution in [2.45, 2.75) is 61.8 Å². The summed E-state index contributed by atoms with van der Waals surface area (Å²) in [7, 11) is 1.92. The van der Waals surface area contributed by atoms with Gasteiger partial charge in [-0.1, -0.05) is 57.2 Å². The summed E-state index contributed by atoms with van der Waals surface area (Å²) in [5, 5.41) is 11.6. The Balaban J connectivity index is 1.47. The van der Waals surface area contributed by atoms with Crippen LogP contribution in [0.5, 0.6) is 0 Å². The molecule has 5 nitrogen and oxygen atoms in total. The Labute approximate surface area is 259 Å². The molecule has 44 heavy (non-hydrogen) atoms. The fourth-order valence-electron chi connectivity index (χ4n) is 5.34. The van der Waals surface area contributed by atoms with Gasteiger partial charge in [0.25, 0.3) is 0 Å². The molecule has 3 aromatic heterocycles. The van der Waals surface area contributed by atoms with Gasteiger partial charge in [-0.15, -0.1) is 11.8 Å². The molecule has 0 saturated carbocycles. The second-order valence-corrected chi connectivity index (χ2v) is 13.7. The molecular formula is C35H34F3N3O2S. The number of pyridine rings is 2. The molecule has 9 heteroatoms. The molecule has 0 aliphatic carbocycles. The van der Waals surface area contributed by atoms with Crippen molar-refractivity contribution in [2.75, 3.05) is 0 Å². The van der Waals surface area contributed by atoms with Gasteiger partial charge in [-0.2, -0.15) is 13.2 Å². The van der Waals surface area contributed by atoms with Gasteiger partial charge in [-0.05, 0) is 66.8 Å². The van der Waals surface area contributed by atoms with Crippen molar-refractivity contribution in [3.05, 3.63) is 113 Å². The zero-order valence-electron chi connectivity index (χ0n) is 25.0. The van der Waals surface area contributed by atoms with E-state index in [2.05, 4.69) is 48.9 Å². The number of alkyl halides is 3. The zero-order chi connectivity index (χ0) is 31.6. The normalized spacial score (nSPS) is 12.9. The van der Waals surface area contributed by atoms with Gasteiger partial charge >= 0.3 is 12.1 Å². The van der Waals surface area contributed by atoms with Crippen LogP contribution in [0.15, 0.2) is 90.1 Å². The molecule has 5 rings (SSSR count). The Bertz CT molecular complexity index is 1760. The van der Waals surface area contributed by atoms with Gasteiger partial charge in [0, 0.05) is 56.9 Å². The molecule has 0 aliphatic rings. The van der Waals surface area contributed by atoms with Gasteiger partial charge in [0.15, 0.2) is 0 Å². The first-order chi connectivity index (χ1) is 20.8. The smallest absolute Gasteiger partial charge is 0.417 e. The number of carboxylic acid groups (broad SMARTS) is 1. The third-order valence-electron chi connectivity index (χ3n) is 7.47. The average Bonchev–Trinajstić information content (AvgIpc) is 3.24. The lowest BCUT2D eigenvalue weighted by Crippen LogP contribution is -2.19. The highest BCUT2D eigenvalue weighted by atomic mass is 32.2. The van der Waals surface area contributed by atoms with Gasteiger partial charge < -0.3 is 9.67 Å². The van der Waals surface area contributed by atoms with Gasteiger partial charge in [0.2, 0.25) is 0 Å². The number of thioether (sulfide) groups is 1. The summed E-state index contributed by atoms with van der Waals surface area (Å²) in [6, 6.07) is 21.8. The lowest BCUT2D eigenvalue weighted by atomic mass is 9.94. The third-order valence-corrected chi connectivity index (χ3v) is 8.72. The van der Waals surface area contributed by atoms with E-state index in [4.69, 9.17) is 0 Å². The number of fused-ring (bicyclic) bond motifs is 1. The van der Waals surface area contributed by atoms with E-state index in [1.54, 1.807) is 30.1 Å². The number of aromatic nitrogens is 3. The second-order valence-electron chi connectivity index (χ2n) is 11.9. The molecule has 0 fully saturated rings. The topological polar surface area (TPSA) is 68.0 Å². The summed E-state index contributed by atoms with van der Waals surface area (Å²) in [5.74, 6) is -1.74. The minimum absolute atomic E-state index is 0.160. The first kappa shape index (κ1) is 31.3. The van der Waals surface area contributed by atoms with Crippen molar-refractivity contribution >= 4 is 28.6 Å². The van der Waals surface area contributed by atoms with Gasteiger partial charge in [0.05, 0.1) is 11.3 Å². The molecule has 0 bridgehead atoms. The lowest BCUT2D eigenvalue weighted by Gasteiger charge is -2.22. The average molecular weight is 618 g/mol. The number of carbonyl (C=O) groups is 1. The number of rotatable bonds is 9. The first-order valence-electron chi connectivity index (χ1n) is 14.4. The van der Waals surface area contributed by atoms with E-state index in [9.17, 15) is 23.1 Å². The van der Waals surface area contributed by atoms with Crippen LogP contribution in [0.1, 0.15) is 54.8 Å². The van der Waals surface area contributed by atoms with Crippen molar-refractivity contribution in [1.29, 1.82) is 0 Å². The SMILES string of the molecule is Cn1c(C(Cc2ccc(-c3ccc(C(F)(F)F)cn3)cc2)C(=O)O)c(SC(C)(C)C)c2cc(CCc3ccccn3)ccc21. The lowest BCUT2D eigenvalue weighted by molar-refractivity contribution is -0.139. The summed E-state index contributed by atoms with van der Waals surface area (Å²) in [6.07, 6.45) is 0.0506. The molecule has 0 saturated heterocycles. The van der Waals surface area contributed by atoms with Crippen molar-refractivity contribution in [1.82, 2.24) is 14.5 Å². The molecule has 228 valence electrons. The molecule has 0 radical (unpaired) electrons. The summed E-state index contributed by atoms with van der Waals surface area (Å²) < 4.78 is 40.7. The monoisotopic (exact) mass is 617 g/mol. The van der Waals surface area contributed by atoms with Crippen LogP contribution in [0.4, 0.5) is 13.2 Å². The van der Waals surface area contributed by atoms with E-state index >= 15 is 0 Å². The minimum atomic E-state index is -4.45. The summed E-state index contributed by atoms with van der Waals surface area (Å²) in [6.45, 7) is 6.36. The Morgan fingerprint density at radius 1 is 0.932 bits per heavy atom. The zero-order valence-corrected chi connectivity index (χ0v) is 25.8. The Kier molecular flexibility index (Phi) is 8.88. The van der Waals surface area contributed by atoms with Crippen molar-refractivity contribution in [3.8, 4) is 11.3 Å². The molecule has 1 atom stereocenters. The van der Waals surface area contributed by atoms with Crippen LogP contribution in [0.25, 0.3) is 22.2 Å². The first-order valence-corrected chi connectivity index (χ1v) is 15.2. The van der Waals surface area contributed by atoms with Gasteiger partial charge in [-0.25, -0.2) is 0 Å². The molecule has 5 aromatic rings. The number of hydrogen-bond donors (Lipinski definition) is 1. The molecule has 0 amide bonds. The highest BCUT2D eigenvalue weighted by molar-refractivity contribution is 8.00. The number of aliphatic carboxylic acids is 1. The van der Waals surface area contributed by atoms with E-state index < -0.39 is 23.6 Å². The standard InChI is InChI=1S/C35H34F3N3O2S/c1-34(2,3)44-32-27-19-23(10-15-26-7-5-6-18-39-26)11-17-30(27)41(4)31(32)28(33(42)43)20-22-8-12-24(13-9-22)29-16-14-25(21-40-29)35(36,37)38/h5-9,11-14,16-19,21,28H,10,15,20H2,1-4H3,(H,42,43). The third kappa shape index (κ3) is 7.16. The predicted octanol–water partition coefficient (Wildman–Crippen LogP) is 8.74. The van der Waals surface area contributed by atoms with E-state index in [1.807, 2.05) is 41.9 Å². The van der Waals surface area contributed by atoms with Crippen molar-refractivity contribution < 1.29 is 23.1 Å². The van der Waals surface area contributed by atoms with E-state index in [0.717, 1.165) is 63.4 Å². The summed E-state index contributed by atoms with van der Waals surface area (Å²) in [5.41, 5.74) is 4.98. The van der Waals surface area contributed by atoms with Crippen LogP contribution in [-0.2, 0) is 37.3 Å². The number of halogens is 3. The van der Waals surface area contributed by atoms with Crippen LogP contribution in [-0.4, -0.2) is 30.4 Å². The van der Waals surface area contributed by atoms with E-state index in [-0.39, 0.29) is 11.2 Å². The highest BCUT2D eigenvalue weighted by Crippen LogP contribution is 2.44. The molecule has 0 spiro atoms. The maximum absolute atomic E-state index is 12.9. The van der Waals surface area contributed by atoms with Crippen LogP contribution in [0.2, 0.25) is 0 Å². The highest BCUT2D eigenvalue weighted by Gasteiger charge is 2.32. The Hall–Kier alpha value is -4.11. The number of carboxylic acids is 1. The quantitative estimate of drug-likeness (QED) is 0.168. The minimum Gasteiger partial charge on any atom is -0.481 e. The van der Waals surface area contributed by atoms with Gasteiger partial charge in [0.1, 0.15) is 5.92 Å². The number of nitrogens with zero attached hydrogens (tertiary/aromatic N) is 3. The molecule has 0 aliphatic heterocycles. The van der Waals surface area contributed by atoms with Crippen LogP contribution >= 0.6 is 11.8 Å². The molecule has 1 N–H and O–H groups in total. The maximum Gasteiger partial charge on any atom is 0.417 e. The summed E-state index contributed by atoms with van der Waals surface area (Å²) >= 11 is 1.67. The van der Waals surface area contributed by atoms with Crippen LogP contribution in [0.3, 0.4) is 0 Å². The fraction of sp³-hybridized carbons (Fsp3) is 0.286. The Morgan fingerprint density at radius 3 is 2.25 bits per heavy atom. The molecular weight excluding hydrogens is 583 g/mol. The Morgan fingerprint density at radius 2 is 1.66 bits per heavy atom. The summed E-state index contributed by atoms with van der Waals surface area (Å²) in [4.78, 5) is 22.2. The van der Waals surface area contributed by atoms with E-state index in [0.29, 0.717) is 11.3 Å². The number of benzene rings is 2. The molecule has 3 heterocycles. The van der Waals surface area contributed by atoms with Crippen LogP contribution in [0, 0.1) is 0 Å². The fourth-order valence-corrected chi connectivity index (χ4v) is 6.61. The largest absolute Gasteiger partial charge is 0.481 e. The number of hydrogen-bond acceptors (Lipinski definition) is 4. The van der Waals surface area contributed by atoms with Gasteiger partial charge in [-0.3, -0.25) is 14.8 Å². The molecule has 1 unspecified atom stereocenters. The predicted molar refractivity (Wildman–Crippen MR) is 169 cm³/mol. The van der Waals surface area contributed by atoms with Crippen LogP contribution < -0.4 is 0 Å². The van der Waals surface area contributed by atoms with Crippen molar-refractivity contribution in [3.63, 3.8) is 0 Å². The molecule has 2 aromatic carbocycles. The second kappa shape index (κ2) is 12.5. The number of aryl methyl sites for hydroxylation is 3. The maximum atomic E-state index is 12.9. The van der Waals surface area contributed by atoms with E-state index in [1.165, 1.54) is 6.07 Å².